The lowest BCUT2D eigenvalue weighted by Gasteiger charge is -2.21. The van der Waals surface area contributed by atoms with Crippen molar-refractivity contribution in [3.8, 4) is 0 Å². The third-order valence-corrected chi connectivity index (χ3v) is 15.4. The number of phosphoric acid groups is 2. The molecule has 0 aromatic rings. The van der Waals surface area contributed by atoms with Crippen LogP contribution in [0.15, 0.2) is 24.3 Å². The van der Waals surface area contributed by atoms with E-state index in [4.69, 9.17) is 37.0 Å². The summed E-state index contributed by atoms with van der Waals surface area (Å²) in [6.45, 7) is 6.94. The number of unbranched alkanes of at least 4 members (excludes halogenated alkanes) is 26. The summed E-state index contributed by atoms with van der Waals surface area (Å²) in [4.78, 5) is 71.7. The number of rotatable bonds is 58. The minimum Gasteiger partial charge on any atom is -0.462 e. The Hall–Kier alpha value is -2.46. The van der Waals surface area contributed by atoms with Gasteiger partial charge < -0.3 is 33.8 Å². The van der Waals surface area contributed by atoms with E-state index in [9.17, 15) is 43.2 Å². The summed E-state index contributed by atoms with van der Waals surface area (Å²) in [5.74, 6) is -1.46. The number of aliphatic hydroxyl groups is 1. The van der Waals surface area contributed by atoms with E-state index in [-0.39, 0.29) is 25.7 Å². The third kappa shape index (κ3) is 53.3. The monoisotopic (exact) mass is 1170 g/mol. The molecule has 0 radical (unpaired) electrons. The smallest absolute Gasteiger partial charge is 0.462 e. The van der Waals surface area contributed by atoms with Crippen molar-refractivity contribution in [1.29, 1.82) is 0 Å². The molecule has 0 aliphatic carbocycles. The highest BCUT2D eigenvalue weighted by atomic mass is 31.2. The predicted octanol–water partition coefficient (Wildman–Crippen LogP) is 15.8. The molecule has 0 fully saturated rings. The van der Waals surface area contributed by atoms with E-state index in [1.54, 1.807) is 0 Å². The zero-order chi connectivity index (χ0) is 58.5. The van der Waals surface area contributed by atoms with E-state index in [0.717, 1.165) is 121 Å². The van der Waals surface area contributed by atoms with Gasteiger partial charge in [-0.15, -0.1) is 0 Å². The molecular formula is C60H112O17P2. The highest BCUT2D eigenvalue weighted by Gasteiger charge is 2.30. The van der Waals surface area contributed by atoms with Gasteiger partial charge in [0.1, 0.15) is 19.3 Å². The largest absolute Gasteiger partial charge is 0.472 e. The lowest BCUT2D eigenvalue weighted by Crippen LogP contribution is -2.30. The van der Waals surface area contributed by atoms with Gasteiger partial charge in [0.2, 0.25) is 0 Å². The number of hydrogen-bond acceptors (Lipinski definition) is 15. The second-order valence-corrected chi connectivity index (χ2v) is 24.2. The summed E-state index contributed by atoms with van der Waals surface area (Å²) in [6, 6.07) is 0. The molecule has 0 amide bonds. The van der Waals surface area contributed by atoms with Gasteiger partial charge in [-0.05, 0) is 57.3 Å². The maximum Gasteiger partial charge on any atom is 0.472 e. The molecule has 0 aromatic carbocycles. The Kier molecular flexibility index (Phi) is 51.9. The lowest BCUT2D eigenvalue weighted by atomic mass is 10.00. The highest BCUT2D eigenvalue weighted by molar-refractivity contribution is 7.47. The van der Waals surface area contributed by atoms with Crippen molar-refractivity contribution in [2.24, 2.45) is 5.92 Å². The van der Waals surface area contributed by atoms with Gasteiger partial charge in [-0.25, -0.2) is 9.13 Å². The molecule has 464 valence electrons. The fourth-order valence-electron chi connectivity index (χ4n) is 8.30. The Morgan fingerprint density at radius 3 is 1.08 bits per heavy atom. The molecule has 19 heteroatoms. The van der Waals surface area contributed by atoms with Crippen molar-refractivity contribution < 1.29 is 80.2 Å². The standard InChI is InChI=1S/C60H112O17P2/c1-6-10-13-16-18-20-21-22-23-24-25-27-29-36-41-46-60(65)77-56(50-71-58(63)44-39-34-31-30-33-37-42-53(5)9-4)52-75-79(68,69)73-48-54(61)47-72-78(66,67)74-51-55(49-70-57(62)43-38-32-15-12-8-3)76-59(64)45-40-35-28-26-19-17-14-11-7-2/h20-23,53-56,61H,6-19,24-52H2,1-5H3,(H,66,67)(H,68,69)/b21-20-,23-22-/t53?,54-,55+,56+/m0/s1. The average Bonchev–Trinajstić information content (AvgIpc) is 3.42. The maximum atomic E-state index is 12.9. The third-order valence-electron chi connectivity index (χ3n) is 13.5. The Labute approximate surface area is 478 Å². The van der Waals surface area contributed by atoms with Gasteiger partial charge in [0.05, 0.1) is 26.4 Å². The van der Waals surface area contributed by atoms with Crippen molar-refractivity contribution in [1.82, 2.24) is 0 Å². The summed E-state index contributed by atoms with van der Waals surface area (Å²) in [6.07, 6.45) is 38.8. The SMILES string of the molecule is CCCCCC/C=C\C=C/CCCCCCCC(=O)O[C@H](COC(=O)CCCCCCCCC(C)CC)COP(=O)(O)OC[C@@H](O)COP(=O)(O)OC[C@@H](COC(=O)CCCCCCC)OC(=O)CCCCCCCCCCC. The molecule has 3 N–H and O–H groups in total. The van der Waals surface area contributed by atoms with Crippen molar-refractivity contribution in [3.63, 3.8) is 0 Å². The van der Waals surface area contributed by atoms with Crippen LogP contribution in [0.3, 0.4) is 0 Å². The van der Waals surface area contributed by atoms with Gasteiger partial charge in [-0.3, -0.25) is 37.3 Å². The normalized spacial score (nSPS) is 14.9. The van der Waals surface area contributed by atoms with Crippen LogP contribution < -0.4 is 0 Å². The van der Waals surface area contributed by atoms with Crippen LogP contribution in [-0.4, -0.2) is 96.7 Å². The lowest BCUT2D eigenvalue weighted by molar-refractivity contribution is -0.161. The second-order valence-electron chi connectivity index (χ2n) is 21.3. The van der Waals surface area contributed by atoms with Crippen LogP contribution in [-0.2, 0) is 65.4 Å². The average molecular weight is 1170 g/mol. The molecule has 0 rings (SSSR count). The van der Waals surface area contributed by atoms with Crippen LogP contribution in [0.4, 0.5) is 0 Å². The van der Waals surface area contributed by atoms with Crippen LogP contribution in [0, 0.1) is 5.92 Å². The molecule has 0 saturated heterocycles. The van der Waals surface area contributed by atoms with Gasteiger partial charge in [0.15, 0.2) is 12.2 Å². The molecule has 0 bridgehead atoms. The summed E-state index contributed by atoms with van der Waals surface area (Å²) < 4.78 is 67.5. The van der Waals surface area contributed by atoms with E-state index in [1.807, 2.05) is 0 Å². The molecule has 6 atom stereocenters. The van der Waals surface area contributed by atoms with Crippen LogP contribution in [0.5, 0.6) is 0 Å². The van der Waals surface area contributed by atoms with Crippen molar-refractivity contribution in [2.75, 3.05) is 39.6 Å². The van der Waals surface area contributed by atoms with Crippen LogP contribution in [0.1, 0.15) is 272 Å². The second kappa shape index (κ2) is 53.5. The zero-order valence-corrected chi connectivity index (χ0v) is 51.8. The van der Waals surface area contributed by atoms with E-state index in [0.29, 0.717) is 25.7 Å². The van der Waals surface area contributed by atoms with Crippen molar-refractivity contribution >= 4 is 39.5 Å². The first-order valence-corrected chi connectivity index (χ1v) is 34.0. The fraction of sp³-hybridized carbons (Fsp3) is 0.867. The molecule has 0 saturated carbocycles. The number of carbonyl (C=O) groups is 4. The van der Waals surface area contributed by atoms with Gasteiger partial charge >= 0.3 is 39.5 Å². The van der Waals surface area contributed by atoms with Gasteiger partial charge in [-0.1, -0.05) is 219 Å². The van der Waals surface area contributed by atoms with Gasteiger partial charge in [-0.2, -0.15) is 0 Å². The number of allylic oxidation sites excluding steroid dienone is 4. The Bertz CT molecular complexity index is 1640. The number of hydrogen-bond donors (Lipinski definition) is 3. The molecule has 17 nitrogen and oxygen atoms in total. The zero-order valence-electron chi connectivity index (χ0n) is 50.0. The van der Waals surface area contributed by atoms with Crippen molar-refractivity contribution in [3.05, 3.63) is 24.3 Å². The predicted molar refractivity (Wildman–Crippen MR) is 312 cm³/mol. The van der Waals surface area contributed by atoms with E-state index in [1.165, 1.54) is 70.6 Å². The van der Waals surface area contributed by atoms with E-state index in [2.05, 4.69) is 58.9 Å². The molecular weight excluding hydrogens is 1050 g/mol. The number of phosphoric ester groups is 2. The summed E-state index contributed by atoms with van der Waals surface area (Å²) in [5, 5.41) is 10.5. The maximum absolute atomic E-state index is 12.9. The molecule has 0 heterocycles. The van der Waals surface area contributed by atoms with Crippen molar-refractivity contribution in [2.45, 2.75) is 291 Å². The first-order valence-electron chi connectivity index (χ1n) is 31.0. The first-order chi connectivity index (χ1) is 38.1. The quantitative estimate of drug-likeness (QED) is 0.0169. The summed E-state index contributed by atoms with van der Waals surface area (Å²) in [5.41, 5.74) is 0. The Morgan fingerprint density at radius 2 is 0.709 bits per heavy atom. The first kappa shape index (κ1) is 76.5. The van der Waals surface area contributed by atoms with Gasteiger partial charge in [0, 0.05) is 25.7 Å². The number of ether oxygens (including phenoxy) is 4. The van der Waals surface area contributed by atoms with Crippen LogP contribution >= 0.6 is 15.6 Å². The molecule has 3 unspecified atom stereocenters. The summed E-state index contributed by atoms with van der Waals surface area (Å²) in [7, 11) is -9.88. The summed E-state index contributed by atoms with van der Waals surface area (Å²) >= 11 is 0. The molecule has 0 aliphatic rings. The van der Waals surface area contributed by atoms with E-state index < -0.39 is 97.5 Å². The highest BCUT2D eigenvalue weighted by Crippen LogP contribution is 2.45. The molecule has 0 aliphatic heterocycles. The molecule has 79 heavy (non-hydrogen) atoms. The number of esters is 4. The Balaban J connectivity index is 5.22. The number of carbonyl (C=O) groups excluding carboxylic acids is 4. The number of aliphatic hydroxyl groups excluding tert-OH is 1. The minimum absolute atomic E-state index is 0.0839. The fourth-order valence-corrected chi connectivity index (χ4v) is 9.88. The molecule has 0 spiro atoms. The molecule has 0 aromatic heterocycles. The Morgan fingerprint density at radius 1 is 0.405 bits per heavy atom. The van der Waals surface area contributed by atoms with Crippen LogP contribution in [0.25, 0.3) is 0 Å². The topological polar surface area (TPSA) is 237 Å². The van der Waals surface area contributed by atoms with Crippen LogP contribution in [0.2, 0.25) is 0 Å². The van der Waals surface area contributed by atoms with Gasteiger partial charge in [0.25, 0.3) is 0 Å². The van der Waals surface area contributed by atoms with E-state index >= 15 is 0 Å². The minimum atomic E-state index is -4.95.